The van der Waals surface area contributed by atoms with Gasteiger partial charge in [-0.2, -0.15) is 0 Å². The van der Waals surface area contributed by atoms with Crippen LogP contribution in [-0.2, 0) is 9.59 Å². The molecule has 0 spiro atoms. The number of unbranched alkanes of at least 4 members (excludes halogenated alkanes) is 7. The van der Waals surface area contributed by atoms with Gasteiger partial charge in [0.1, 0.15) is 5.75 Å². The van der Waals surface area contributed by atoms with Crippen molar-refractivity contribution in [2.45, 2.75) is 138 Å². The molecule has 0 saturated heterocycles. The Labute approximate surface area is 421 Å². The van der Waals surface area contributed by atoms with Gasteiger partial charge in [-0.1, -0.05) is 178 Å². The summed E-state index contributed by atoms with van der Waals surface area (Å²) in [6, 6.07) is 38.4. The van der Waals surface area contributed by atoms with E-state index in [4.69, 9.17) is 4.74 Å². The van der Waals surface area contributed by atoms with E-state index in [2.05, 4.69) is 180 Å². The van der Waals surface area contributed by atoms with E-state index in [9.17, 15) is 4.79 Å². The lowest BCUT2D eigenvalue weighted by Gasteiger charge is -2.26. The van der Waals surface area contributed by atoms with Crippen LogP contribution in [0.5, 0.6) is 5.75 Å². The van der Waals surface area contributed by atoms with Gasteiger partial charge in [0.25, 0.3) is 11.8 Å². The van der Waals surface area contributed by atoms with Crippen LogP contribution in [0, 0.1) is 18.8 Å². The van der Waals surface area contributed by atoms with E-state index in [-0.39, 0.29) is 11.8 Å². The number of ether oxygens (including phenoxy) is 1. The van der Waals surface area contributed by atoms with Crippen LogP contribution in [0.1, 0.15) is 165 Å². The van der Waals surface area contributed by atoms with Gasteiger partial charge in [0.2, 0.25) is 0 Å². The van der Waals surface area contributed by atoms with Crippen molar-refractivity contribution in [3.05, 3.63) is 149 Å². The predicted molar refractivity (Wildman–Crippen MR) is 299 cm³/mol. The first-order valence-electron chi connectivity index (χ1n) is 26.9. The van der Waals surface area contributed by atoms with E-state index in [1.165, 1.54) is 32.1 Å². The molecule has 0 N–H and O–H groups in total. The Morgan fingerprint density at radius 2 is 0.971 bits per heavy atom. The van der Waals surface area contributed by atoms with Gasteiger partial charge >= 0.3 is 0 Å². The number of fused-ring (bicyclic) bond motifs is 2. The number of benzene rings is 5. The first-order chi connectivity index (χ1) is 34.2. The van der Waals surface area contributed by atoms with E-state index in [0.717, 1.165) is 132 Å². The maximum atomic E-state index is 15.0. The van der Waals surface area contributed by atoms with Crippen molar-refractivity contribution < 1.29 is 14.3 Å². The first kappa shape index (κ1) is 51.7. The second-order valence-corrected chi connectivity index (χ2v) is 19.7. The van der Waals surface area contributed by atoms with Crippen molar-refractivity contribution in [3.63, 3.8) is 0 Å². The molecule has 2 aliphatic heterocycles. The Balaban J connectivity index is 1.18. The highest BCUT2D eigenvalue weighted by atomic mass is 16.5. The molecule has 70 heavy (non-hydrogen) atoms. The van der Waals surface area contributed by atoms with Crippen LogP contribution >= 0.6 is 0 Å². The summed E-state index contributed by atoms with van der Waals surface area (Å²) >= 11 is 0. The highest BCUT2D eigenvalue weighted by Crippen LogP contribution is 2.48. The number of aryl methyl sites for hydroxylation is 1. The van der Waals surface area contributed by atoms with E-state index in [1.807, 2.05) is 16.7 Å². The van der Waals surface area contributed by atoms with Gasteiger partial charge in [0.05, 0.1) is 29.1 Å². The topological polar surface area (TPSA) is 53.1 Å². The summed E-state index contributed by atoms with van der Waals surface area (Å²) in [4.78, 5) is 36.1. The number of carbonyl (C=O) groups is 2. The molecular weight excluding hydrogens is 859 g/mol. The molecule has 2 aliphatic rings. The number of anilines is 5. The molecule has 2 unspecified atom stereocenters. The Morgan fingerprint density at radius 3 is 1.50 bits per heavy atom. The minimum Gasteiger partial charge on any atom is -0.494 e. The average Bonchev–Trinajstić information content (AvgIpc) is 3.80. The molecular formula is C64H79N3O3. The van der Waals surface area contributed by atoms with Crippen molar-refractivity contribution >= 4 is 69.6 Å². The van der Waals surface area contributed by atoms with Gasteiger partial charge in [-0.05, 0) is 128 Å². The minimum absolute atomic E-state index is 0.0498. The SMILES string of the molecule is C/C=C/c1ccc(N(c2ccc(/C=C/c3ccc4c(c3)N(CC(CC)CCCC)C(=O)/C4=C3/C(=O)N(CC(CC)CCCC)c4cc(C)ccc43)cc2)c2ccc(OCCCCCCCC)cc2)cc1. The molecule has 368 valence electrons. The van der Waals surface area contributed by atoms with Crippen molar-refractivity contribution in [2.24, 2.45) is 11.8 Å². The molecule has 0 radical (unpaired) electrons. The van der Waals surface area contributed by atoms with Crippen molar-refractivity contribution in [2.75, 3.05) is 34.4 Å². The quantitative estimate of drug-likeness (QED) is 0.0315. The zero-order valence-electron chi connectivity index (χ0n) is 43.4. The zero-order chi connectivity index (χ0) is 49.4. The van der Waals surface area contributed by atoms with Gasteiger partial charge in [0.15, 0.2) is 0 Å². The lowest BCUT2D eigenvalue weighted by Crippen LogP contribution is -2.34. The van der Waals surface area contributed by atoms with Crippen molar-refractivity contribution in [1.82, 2.24) is 0 Å². The summed E-state index contributed by atoms with van der Waals surface area (Å²) in [5.41, 5.74) is 12.2. The molecule has 2 heterocycles. The van der Waals surface area contributed by atoms with Crippen LogP contribution in [-0.4, -0.2) is 31.5 Å². The van der Waals surface area contributed by atoms with Crippen LogP contribution in [0.25, 0.3) is 29.4 Å². The number of hydrogen-bond acceptors (Lipinski definition) is 4. The lowest BCUT2D eigenvalue weighted by atomic mass is 9.95. The Bertz CT molecular complexity index is 2590. The van der Waals surface area contributed by atoms with Crippen LogP contribution in [0.4, 0.5) is 28.4 Å². The molecule has 0 bridgehead atoms. The zero-order valence-corrected chi connectivity index (χ0v) is 43.4. The number of hydrogen-bond donors (Lipinski definition) is 0. The fourth-order valence-corrected chi connectivity index (χ4v) is 10.1. The minimum atomic E-state index is -0.0622. The van der Waals surface area contributed by atoms with Gasteiger partial charge < -0.3 is 19.4 Å². The van der Waals surface area contributed by atoms with Crippen LogP contribution in [0.15, 0.2) is 115 Å². The van der Waals surface area contributed by atoms with Gasteiger partial charge in [-0.25, -0.2) is 0 Å². The summed E-state index contributed by atoms with van der Waals surface area (Å²) in [6.45, 7) is 17.3. The van der Waals surface area contributed by atoms with E-state index in [0.29, 0.717) is 36.1 Å². The summed E-state index contributed by atoms with van der Waals surface area (Å²) in [5, 5.41) is 0. The van der Waals surface area contributed by atoms with Gasteiger partial charge in [-0.3, -0.25) is 9.59 Å². The van der Waals surface area contributed by atoms with E-state index < -0.39 is 0 Å². The Hall–Kier alpha value is -6.14. The predicted octanol–water partition coefficient (Wildman–Crippen LogP) is 17.4. The number of rotatable bonds is 26. The molecule has 6 nitrogen and oxygen atoms in total. The molecule has 0 aromatic heterocycles. The van der Waals surface area contributed by atoms with E-state index >= 15 is 4.79 Å². The lowest BCUT2D eigenvalue weighted by molar-refractivity contribution is -0.114. The number of allylic oxidation sites excluding steroid dienone is 1. The van der Waals surface area contributed by atoms with Crippen molar-refractivity contribution in [1.29, 1.82) is 0 Å². The molecule has 5 aromatic carbocycles. The summed E-state index contributed by atoms with van der Waals surface area (Å²) < 4.78 is 6.16. The summed E-state index contributed by atoms with van der Waals surface area (Å²) in [6.07, 6.45) is 24.6. The molecule has 6 heteroatoms. The Kier molecular flexibility index (Phi) is 18.9. The molecule has 2 atom stereocenters. The van der Waals surface area contributed by atoms with Crippen LogP contribution < -0.4 is 19.4 Å². The molecule has 5 aromatic rings. The standard InChI is InChI=1S/C64H79N3O3/c1-8-14-17-18-19-20-42-70-56-38-36-55(37-39-56)67(53-32-27-50(21-11-4)28-33-53)54-34-29-51(30-35-54)25-26-52-31-41-58-60(44-52)66(46-49(13-6)23-16-10-3)64(69)62(58)61-57-40-24-47(7)43-59(57)65(63(61)68)45-48(12-5)22-15-9-2/h11,21,24-41,43-44,48-49H,8-10,12-20,22-23,42,45-46H2,1-7H3/b21-11+,26-25+,62-61+. The number of amides is 2. The fraction of sp³-hybridized carbons (Fsp3) is 0.406. The third-order valence-electron chi connectivity index (χ3n) is 14.4. The monoisotopic (exact) mass is 938 g/mol. The normalized spacial score (nSPS) is 15.4. The molecule has 0 saturated carbocycles. The summed E-state index contributed by atoms with van der Waals surface area (Å²) in [5.74, 6) is 1.54. The maximum Gasteiger partial charge on any atom is 0.259 e. The van der Waals surface area contributed by atoms with Crippen LogP contribution in [0.3, 0.4) is 0 Å². The summed E-state index contributed by atoms with van der Waals surface area (Å²) in [7, 11) is 0. The first-order valence-corrected chi connectivity index (χ1v) is 26.9. The Morgan fingerprint density at radius 1 is 0.514 bits per heavy atom. The largest absolute Gasteiger partial charge is 0.494 e. The van der Waals surface area contributed by atoms with Gasteiger partial charge in [0, 0.05) is 41.3 Å². The average molecular weight is 938 g/mol. The third kappa shape index (κ3) is 12.6. The third-order valence-corrected chi connectivity index (χ3v) is 14.4. The second-order valence-electron chi connectivity index (χ2n) is 19.7. The molecule has 2 amide bonds. The highest BCUT2D eigenvalue weighted by molar-refractivity contribution is 6.50. The molecule has 0 aliphatic carbocycles. The number of nitrogens with zero attached hydrogens (tertiary/aromatic N) is 3. The van der Waals surface area contributed by atoms with E-state index in [1.54, 1.807) is 0 Å². The molecule has 7 rings (SSSR count). The second kappa shape index (κ2) is 25.6. The highest BCUT2D eigenvalue weighted by Gasteiger charge is 2.43. The van der Waals surface area contributed by atoms with Crippen LogP contribution in [0.2, 0.25) is 0 Å². The van der Waals surface area contributed by atoms with Crippen molar-refractivity contribution in [3.8, 4) is 5.75 Å². The smallest absolute Gasteiger partial charge is 0.259 e. The molecule has 0 fully saturated rings. The van der Waals surface area contributed by atoms with Gasteiger partial charge in [-0.15, -0.1) is 0 Å². The maximum absolute atomic E-state index is 15.0. The fourth-order valence-electron chi connectivity index (χ4n) is 10.1. The number of carbonyl (C=O) groups excluding carboxylic acids is 2.